The lowest BCUT2D eigenvalue weighted by Gasteiger charge is -2.21. The summed E-state index contributed by atoms with van der Waals surface area (Å²) in [6, 6.07) is -0.529. The quantitative estimate of drug-likeness (QED) is 0.701. The highest BCUT2D eigenvalue weighted by atomic mass is 16.5. The summed E-state index contributed by atoms with van der Waals surface area (Å²) in [5.74, 6) is 0.481. The molecule has 76 valence electrons. The van der Waals surface area contributed by atoms with Gasteiger partial charge < -0.3 is 15.2 Å². The van der Waals surface area contributed by atoms with Gasteiger partial charge in [0.15, 0.2) is 5.82 Å². The average Bonchev–Trinajstić information content (AvgIpc) is 2.77. The molecule has 1 aliphatic rings. The van der Waals surface area contributed by atoms with Crippen LogP contribution in [0.3, 0.4) is 0 Å². The van der Waals surface area contributed by atoms with Crippen LogP contribution in [-0.4, -0.2) is 33.5 Å². The highest BCUT2D eigenvalue weighted by Gasteiger charge is 2.33. The Morgan fingerprint density at radius 2 is 2.57 bits per heavy atom. The molecule has 1 aromatic rings. The first-order valence-corrected chi connectivity index (χ1v) is 4.52. The molecular weight excluding hydrogens is 184 g/mol. The number of nitrogens with two attached hydrogens (primary N) is 1. The zero-order valence-corrected chi connectivity index (χ0v) is 7.88. The standard InChI is InChI=1S/C8H12N4O2/c1-5(7-10-4-14-11-7)12-3-2-6(9)8(12)13/h4-6H,2-3,9H2,1H3. The van der Waals surface area contributed by atoms with Crippen molar-refractivity contribution < 1.29 is 9.32 Å². The van der Waals surface area contributed by atoms with Crippen LogP contribution in [0.1, 0.15) is 25.2 Å². The van der Waals surface area contributed by atoms with Gasteiger partial charge in [-0.1, -0.05) is 5.16 Å². The number of carbonyl (C=O) groups is 1. The molecule has 6 heteroatoms. The van der Waals surface area contributed by atoms with Gasteiger partial charge in [-0.25, -0.2) is 0 Å². The topological polar surface area (TPSA) is 85.2 Å². The number of amides is 1. The van der Waals surface area contributed by atoms with Crippen LogP contribution in [0, 0.1) is 0 Å². The minimum Gasteiger partial charge on any atom is -0.343 e. The number of nitrogens with zero attached hydrogens (tertiary/aromatic N) is 3. The summed E-state index contributed by atoms with van der Waals surface area (Å²) in [6.45, 7) is 2.52. The maximum Gasteiger partial charge on any atom is 0.240 e. The molecule has 0 bridgehead atoms. The summed E-state index contributed by atoms with van der Waals surface area (Å²) in [7, 11) is 0. The first-order chi connectivity index (χ1) is 6.70. The van der Waals surface area contributed by atoms with E-state index in [4.69, 9.17) is 5.73 Å². The van der Waals surface area contributed by atoms with E-state index in [-0.39, 0.29) is 18.0 Å². The molecule has 2 atom stereocenters. The second-order valence-electron chi connectivity index (χ2n) is 3.39. The van der Waals surface area contributed by atoms with E-state index in [1.54, 1.807) is 4.90 Å². The molecule has 2 rings (SSSR count). The average molecular weight is 196 g/mol. The van der Waals surface area contributed by atoms with Crippen LogP contribution in [0.5, 0.6) is 0 Å². The summed E-state index contributed by atoms with van der Waals surface area (Å²) in [5, 5.41) is 3.70. The number of likely N-dealkylation sites (tertiary alicyclic amines) is 1. The van der Waals surface area contributed by atoms with Gasteiger partial charge in [-0.2, -0.15) is 4.98 Å². The van der Waals surface area contributed by atoms with Gasteiger partial charge in [0.05, 0.1) is 12.1 Å². The van der Waals surface area contributed by atoms with E-state index in [1.807, 2.05) is 6.92 Å². The molecule has 1 fully saturated rings. The van der Waals surface area contributed by atoms with Crippen molar-refractivity contribution in [2.75, 3.05) is 6.54 Å². The third-order valence-electron chi connectivity index (χ3n) is 2.50. The van der Waals surface area contributed by atoms with Crippen LogP contribution >= 0.6 is 0 Å². The molecule has 0 saturated carbocycles. The Kier molecular flexibility index (Phi) is 2.20. The van der Waals surface area contributed by atoms with E-state index in [1.165, 1.54) is 6.39 Å². The Balaban J connectivity index is 2.13. The minimum absolute atomic E-state index is 0.0395. The number of aromatic nitrogens is 2. The van der Waals surface area contributed by atoms with E-state index in [0.717, 1.165) is 0 Å². The third kappa shape index (κ3) is 1.37. The molecule has 0 radical (unpaired) electrons. The number of hydrogen-bond acceptors (Lipinski definition) is 5. The molecule has 6 nitrogen and oxygen atoms in total. The second-order valence-corrected chi connectivity index (χ2v) is 3.39. The van der Waals surface area contributed by atoms with Crippen molar-refractivity contribution in [2.45, 2.75) is 25.4 Å². The maximum absolute atomic E-state index is 11.6. The highest BCUT2D eigenvalue weighted by Crippen LogP contribution is 2.22. The third-order valence-corrected chi connectivity index (χ3v) is 2.50. The van der Waals surface area contributed by atoms with E-state index < -0.39 is 0 Å². The molecule has 0 spiro atoms. The van der Waals surface area contributed by atoms with Crippen LogP contribution in [0.4, 0.5) is 0 Å². The molecule has 1 amide bonds. The Morgan fingerprint density at radius 3 is 3.07 bits per heavy atom. The predicted octanol–water partition coefficient (Wildman–Crippen LogP) is -0.310. The van der Waals surface area contributed by atoms with E-state index in [0.29, 0.717) is 18.8 Å². The molecule has 1 aromatic heterocycles. The Labute approximate surface area is 81.1 Å². The fourth-order valence-corrected chi connectivity index (χ4v) is 1.61. The fourth-order valence-electron chi connectivity index (χ4n) is 1.61. The van der Waals surface area contributed by atoms with Crippen molar-refractivity contribution >= 4 is 5.91 Å². The minimum atomic E-state index is -0.371. The molecule has 2 unspecified atom stereocenters. The van der Waals surface area contributed by atoms with E-state index in [9.17, 15) is 4.79 Å². The molecule has 14 heavy (non-hydrogen) atoms. The van der Waals surface area contributed by atoms with Crippen LogP contribution in [-0.2, 0) is 4.79 Å². The fraction of sp³-hybridized carbons (Fsp3) is 0.625. The smallest absolute Gasteiger partial charge is 0.240 e. The predicted molar refractivity (Wildman–Crippen MR) is 47.0 cm³/mol. The summed E-state index contributed by atoms with van der Waals surface area (Å²) < 4.78 is 4.63. The van der Waals surface area contributed by atoms with Gasteiger partial charge in [0.25, 0.3) is 0 Å². The highest BCUT2D eigenvalue weighted by molar-refractivity contribution is 5.84. The van der Waals surface area contributed by atoms with Gasteiger partial charge >= 0.3 is 0 Å². The lowest BCUT2D eigenvalue weighted by atomic mass is 10.2. The van der Waals surface area contributed by atoms with Gasteiger partial charge in [-0.3, -0.25) is 4.79 Å². The SMILES string of the molecule is CC(c1ncon1)N1CCC(N)C1=O. The van der Waals surface area contributed by atoms with Crippen LogP contribution < -0.4 is 5.73 Å². The lowest BCUT2D eigenvalue weighted by molar-refractivity contribution is -0.130. The Morgan fingerprint density at radius 1 is 1.79 bits per heavy atom. The van der Waals surface area contributed by atoms with E-state index in [2.05, 4.69) is 14.7 Å². The summed E-state index contributed by atoms with van der Waals surface area (Å²) in [5.41, 5.74) is 5.60. The van der Waals surface area contributed by atoms with Crippen molar-refractivity contribution in [3.8, 4) is 0 Å². The maximum atomic E-state index is 11.6. The van der Waals surface area contributed by atoms with E-state index >= 15 is 0 Å². The Hall–Kier alpha value is -1.43. The molecule has 2 N–H and O–H groups in total. The van der Waals surface area contributed by atoms with Crippen molar-refractivity contribution in [3.63, 3.8) is 0 Å². The van der Waals surface area contributed by atoms with Gasteiger partial charge in [0.1, 0.15) is 0 Å². The number of hydrogen-bond donors (Lipinski definition) is 1. The van der Waals surface area contributed by atoms with Crippen molar-refractivity contribution in [1.82, 2.24) is 15.0 Å². The Bertz CT molecular complexity index is 324. The molecular formula is C8H12N4O2. The van der Waals surface area contributed by atoms with Gasteiger partial charge in [0, 0.05) is 6.54 Å². The van der Waals surface area contributed by atoms with Crippen LogP contribution in [0.15, 0.2) is 10.9 Å². The lowest BCUT2D eigenvalue weighted by Crippen LogP contribution is -2.35. The first kappa shape index (κ1) is 9.14. The normalized spacial score (nSPS) is 24.3. The second kappa shape index (κ2) is 3.38. The molecule has 2 heterocycles. The van der Waals surface area contributed by atoms with Crippen molar-refractivity contribution in [1.29, 1.82) is 0 Å². The molecule has 1 saturated heterocycles. The van der Waals surface area contributed by atoms with Crippen LogP contribution in [0.25, 0.3) is 0 Å². The number of rotatable bonds is 2. The van der Waals surface area contributed by atoms with Crippen LogP contribution in [0.2, 0.25) is 0 Å². The molecule has 0 aliphatic carbocycles. The molecule has 1 aliphatic heterocycles. The largest absolute Gasteiger partial charge is 0.343 e. The van der Waals surface area contributed by atoms with Gasteiger partial charge in [0.2, 0.25) is 12.3 Å². The monoisotopic (exact) mass is 196 g/mol. The van der Waals surface area contributed by atoms with Crippen molar-refractivity contribution in [2.24, 2.45) is 5.73 Å². The zero-order chi connectivity index (χ0) is 10.1. The summed E-state index contributed by atoms with van der Waals surface area (Å²) in [6.07, 6.45) is 1.95. The van der Waals surface area contributed by atoms with Gasteiger partial charge in [-0.05, 0) is 13.3 Å². The summed E-state index contributed by atoms with van der Waals surface area (Å²) >= 11 is 0. The number of carbonyl (C=O) groups excluding carboxylic acids is 1. The van der Waals surface area contributed by atoms with Gasteiger partial charge in [-0.15, -0.1) is 0 Å². The first-order valence-electron chi connectivity index (χ1n) is 4.52. The molecule has 0 aromatic carbocycles. The van der Waals surface area contributed by atoms with Crippen molar-refractivity contribution in [3.05, 3.63) is 12.2 Å². The summed E-state index contributed by atoms with van der Waals surface area (Å²) in [4.78, 5) is 17.1. The zero-order valence-electron chi connectivity index (χ0n) is 7.88.